The Morgan fingerprint density at radius 3 is 1.25 bits per heavy atom. The van der Waals surface area contributed by atoms with E-state index in [0.717, 1.165) is 19.4 Å². The molecule has 0 amide bonds. The number of aliphatic hydroxyl groups is 1. The van der Waals surface area contributed by atoms with E-state index in [1.54, 1.807) is 0 Å². The molecule has 1 radical (unpaired) electrons. The minimum Gasteiger partial charge on any atom is -0.394 e. The van der Waals surface area contributed by atoms with Crippen molar-refractivity contribution >= 4 is 0 Å². The van der Waals surface area contributed by atoms with Crippen molar-refractivity contribution in [2.45, 2.75) is 12.8 Å². The van der Waals surface area contributed by atoms with Crippen molar-refractivity contribution in [3.8, 4) is 0 Å². The lowest BCUT2D eigenvalue weighted by atomic mass is 10.4. The molecule has 0 aliphatic heterocycles. The van der Waals surface area contributed by atoms with Gasteiger partial charge in [-0.15, -0.1) is 0 Å². The summed E-state index contributed by atoms with van der Waals surface area (Å²) >= 11 is 0. The second-order valence-electron chi connectivity index (χ2n) is 3.99. The minimum atomic E-state index is 0.0456. The first kappa shape index (κ1) is 19.8. The quantitative estimate of drug-likeness (QED) is 0.398. The van der Waals surface area contributed by atoms with Gasteiger partial charge in [0.25, 0.3) is 0 Å². The largest absolute Gasteiger partial charge is 0.394 e. The number of rotatable bonds is 17. The van der Waals surface area contributed by atoms with Crippen molar-refractivity contribution in [3.63, 3.8) is 0 Å². The van der Waals surface area contributed by atoms with Crippen LogP contribution in [0.1, 0.15) is 12.8 Å². The minimum absolute atomic E-state index is 0.0456. The zero-order valence-electron chi connectivity index (χ0n) is 12.4. The molecule has 0 rings (SSSR count). The Hall–Kier alpha value is -0.240. The van der Waals surface area contributed by atoms with Gasteiger partial charge in [-0.3, -0.25) is 0 Å². The van der Waals surface area contributed by atoms with E-state index in [1.807, 2.05) is 0 Å². The van der Waals surface area contributed by atoms with Crippen molar-refractivity contribution in [2.24, 2.45) is 0 Å². The molecule has 0 aromatic carbocycles. The van der Waals surface area contributed by atoms with Gasteiger partial charge in [0.2, 0.25) is 0 Å². The third-order valence-electron chi connectivity index (χ3n) is 2.26. The third-order valence-corrected chi connectivity index (χ3v) is 2.26. The van der Waals surface area contributed by atoms with Gasteiger partial charge in [-0.2, -0.15) is 0 Å². The fraction of sp³-hybridized carbons (Fsp3) is 0.929. The maximum absolute atomic E-state index is 8.47. The SMILES string of the molecule is [CH2]CCCOCCOCCOCCOCCOCCO. The average molecular weight is 293 g/mol. The zero-order valence-corrected chi connectivity index (χ0v) is 12.4. The zero-order chi connectivity index (χ0) is 14.7. The molecule has 0 aromatic heterocycles. The molecule has 0 atom stereocenters. The van der Waals surface area contributed by atoms with Crippen LogP contribution in [-0.4, -0.2) is 77.8 Å². The maximum Gasteiger partial charge on any atom is 0.0701 e. The number of aliphatic hydroxyl groups excluding tert-OH is 1. The first-order chi connectivity index (χ1) is 9.91. The molecule has 0 aliphatic carbocycles. The third kappa shape index (κ3) is 17.8. The van der Waals surface area contributed by atoms with E-state index >= 15 is 0 Å². The summed E-state index contributed by atoms with van der Waals surface area (Å²) in [6.07, 6.45) is 1.90. The number of hydrogen-bond donors (Lipinski definition) is 1. The molecule has 1 N–H and O–H groups in total. The Morgan fingerprint density at radius 1 is 0.550 bits per heavy atom. The summed E-state index contributed by atoms with van der Waals surface area (Å²) in [6, 6.07) is 0. The molecular weight excluding hydrogens is 264 g/mol. The second kappa shape index (κ2) is 18.8. The van der Waals surface area contributed by atoms with Crippen LogP contribution in [-0.2, 0) is 23.7 Å². The smallest absolute Gasteiger partial charge is 0.0701 e. The summed E-state index contributed by atoms with van der Waals surface area (Å²) in [5.41, 5.74) is 0. The average Bonchev–Trinajstić information content (AvgIpc) is 2.47. The Bertz CT molecular complexity index is 150. The van der Waals surface area contributed by atoms with Crippen molar-refractivity contribution < 1.29 is 28.8 Å². The molecule has 6 heteroatoms. The van der Waals surface area contributed by atoms with E-state index < -0.39 is 0 Å². The van der Waals surface area contributed by atoms with Crippen LogP contribution in [0.15, 0.2) is 0 Å². The standard InChI is InChI=1S/C14H29O6/c1-2-3-5-16-7-9-18-11-13-20-14-12-19-10-8-17-6-4-15/h15H,1-14H2. The van der Waals surface area contributed by atoms with Gasteiger partial charge in [0.1, 0.15) is 0 Å². The summed E-state index contributed by atoms with van der Waals surface area (Å²) in [7, 11) is 0. The van der Waals surface area contributed by atoms with Gasteiger partial charge in [-0.05, 0) is 6.42 Å². The molecule has 20 heavy (non-hydrogen) atoms. The van der Waals surface area contributed by atoms with Crippen LogP contribution in [0.5, 0.6) is 0 Å². The molecule has 0 spiro atoms. The summed E-state index contributed by atoms with van der Waals surface area (Å²) in [4.78, 5) is 0. The van der Waals surface area contributed by atoms with Gasteiger partial charge in [-0.1, -0.05) is 13.3 Å². The second-order valence-corrected chi connectivity index (χ2v) is 3.99. The van der Waals surface area contributed by atoms with Crippen LogP contribution in [0, 0.1) is 6.92 Å². The van der Waals surface area contributed by atoms with E-state index in [1.165, 1.54) is 0 Å². The highest BCUT2D eigenvalue weighted by Gasteiger charge is 1.93. The molecule has 6 nitrogen and oxygen atoms in total. The summed E-state index contributed by atoms with van der Waals surface area (Å²) < 4.78 is 26.3. The molecule has 0 heterocycles. The normalized spacial score (nSPS) is 11.1. The Morgan fingerprint density at radius 2 is 0.900 bits per heavy atom. The van der Waals surface area contributed by atoms with Gasteiger partial charge < -0.3 is 28.8 Å². The van der Waals surface area contributed by atoms with Gasteiger partial charge in [0, 0.05) is 6.61 Å². The highest BCUT2D eigenvalue weighted by atomic mass is 16.6. The van der Waals surface area contributed by atoms with Crippen LogP contribution < -0.4 is 0 Å². The van der Waals surface area contributed by atoms with E-state index in [0.29, 0.717) is 59.5 Å². The van der Waals surface area contributed by atoms with Gasteiger partial charge in [-0.25, -0.2) is 0 Å². The fourth-order valence-electron chi connectivity index (χ4n) is 1.25. The first-order valence-electron chi connectivity index (χ1n) is 7.20. The molecule has 0 saturated carbocycles. The molecule has 0 aromatic rings. The number of hydrogen-bond acceptors (Lipinski definition) is 6. The van der Waals surface area contributed by atoms with Crippen molar-refractivity contribution in [1.82, 2.24) is 0 Å². The van der Waals surface area contributed by atoms with Gasteiger partial charge >= 0.3 is 0 Å². The Kier molecular flexibility index (Phi) is 18.5. The van der Waals surface area contributed by atoms with Crippen molar-refractivity contribution in [3.05, 3.63) is 6.92 Å². The molecule has 121 valence electrons. The fourth-order valence-corrected chi connectivity index (χ4v) is 1.25. The van der Waals surface area contributed by atoms with E-state index in [2.05, 4.69) is 6.92 Å². The van der Waals surface area contributed by atoms with E-state index in [4.69, 9.17) is 28.8 Å². The topological polar surface area (TPSA) is 66.4 Å². The van der Waals surface area contributed by atoms with Crippen LogP contribution in [0.2, 0.25) is 0 Å². The Balaban J connectivity index is 2.89. The highest BCUT2D eigenvalue weighted by molar-refractivity contribution is 4.40. The van der Waals surface area contributed by atoms with Crippen molar-refractivity contribution in [1.29, 1.82) is 0 Å². The lowest BCUT2D eigenvalue weighted by Gasteiger charge is -2.07. The van der Waals surface area contributed by atoms with Crippen LogP contribution in [0.3, 0.4) is 0 Å². The lowest BCUT2D eigenvalue weighted by molar-refractivity contribution is -0.0133. The number of ether oxygens (including phenoxy) is 5. The molecule has 0 saturated heterocycles. The maximum atomic E-state index is 8.47. The van der Waals surface area contributed by atoms with Crippen LogP contribution in [0.25, 0.3) is 0 Å². The predicted octanol–water partition coefficient (Wildman–Crippen LogP) is 0.676. The summed E-state index contributed by atoms with van der Waals surface area (Å²) in [5.74, 6) is 0. The monoisotopic (exact) mass is 293 g/mol. The van der Waals surface area contributed by atoms with E-state index in [9.17, 15) is 0 Å². The molecule has 0 bridgehead atoms. The molecular formula is C14H29O6. The predicted molar refractivity (Wildman–Crippen MR) is 75.8 cm³/mol. The van der Waals surface area contributed by atoms with Crippen molar-refractivity contribution in [2.75, 3.05) is 72.7 Å². The summed E-state index contributed by atoms with van der Waals surface area (Å²) in [5, 5.41) is 8.47. The highest BCUT2D eigenvalue weighted by Crippen LogP contribution is 1.88. The number of unbranched alkanes of at least 4 members (excludes halogenated alkanes) is 1. The molecule has 0 fully saturated rings. The Labute approximate surface area is 122 Å². The van der Waals surface area contributed by atoms with Crippen LogP contribution in [0.4, 0.5) is 0 Å². The summed E-state index contributed by atoms with van der Waals surface area (Å²) in [6.45, 7) is 9.34. The lowest BCUT2D eigenvalue weighted by Crippen LogP contribution is -2.13. The van der Waals surface area contributed by atoms with Crippen LogP contribution >= 0.6 is 0 Å². The van der Waals surface area contributed by atoms with E-state index in [-0.39, 0.29) is 6.61 Å². The molecule has 0 unspecified atom stereocenters. The molecule has 0 aliphatic rings. The van der Waals surface area contributed by atoms with Gasteiger partial charge in [0.05, 0.1) is 66.1 Å². The van der Waals surface area contributed by atoms with Gasteiger partial charge in [0.15, 0.2) is 0 Å². The first-order valence-corrected chi connectivity index (χ1v) is 7.20.